The van der Waals surface area contributed by atoms with Gasteiger partial charge in [0.2, 0.25) is 5.95 Å². The summed E-state index contributed by atoms with van der Waals surface area (Å²) >= 11 is 11.8. The van der Waals surface area contributed by atoms with Crippen LogP contribution in [0.3, 0.4) is 0 Å². The Balaban J connectivity index is 2.01. The Bertz CT molecular complexity index is 724. The van der Waals surface area contributed by atoms with Crippen LogP contribution in [0.15, 0.2) is 24.3 Å². The highest BCUT2D eigenvalue weighted by Gasteiger charge is 2.08. The zero-order chi connectivity index (χ0) is 17.5. The number of benzene rings is 1. The lowest BCUT2D eigenvalue weighted by Crippen LogP contribution is -2.21. The minimum Gasteiger partial charge on any atom is -0.370 e. The Labute approximate surface area is 151 Å². The quantitative estimate of drug-likeness (QED) is 0.643. The molecular formula is C16H18Cl2N5O. The lowest BCUT2D eigenvalue weighted by molar-refractivity contribution is 0.262. The molecule has 2 rings (SSSR count). The van der Waals surface area contributed by atoms with E-state index >= 15 is 0 Å². The normalized spacial score (nSPS) is 10.3. The molecule has 0 aliphatic rings. The minimum absolute atomic E-state index is 0.213. The smallest absolute Gasteiger partial charge is 0.326 e. The lowest BCUT2D eigenvalue weighted by atomic mass is 10.3. The molecule has 1 heterocycles. The van der Waals surface area contributed by atoms with Crippen LogP contribution in [0.5, 0.6) is 0 Å². The van der Waals surface area contributed by atoms with E-state index in [0.29, 0.717) is 21.6 Å². The topological polar surface area (TPSA) is 78.9 Å². The van der Waals surface area contributed by atoms with Gasteiger partial charge in [0.05, 0.1) is 10.0 Å². The molecule has 2 aromatic rings. The Morgan fingerprint density at radius 1 is 1.17 bits per heavy atom. The van der Waals surface area contributed by atoms with Gasteiger partial charge in [0.25, 0.3) is 0 Å². The summed E-state index contributed by atoms with van der Waals surface area (Å²) in [5.74, 6) is 0.866. The maximum absolute atomic E-state index is 12.1. The molecule has 6 nitrogen and oxygen atoms in total. The molecule has 1 aromatic carbocycles. The number of hydrogen-bond donors (Lipinski definition) is 3. The largest absolute Gasteiger partial charge is 0.370 e. The zero-order valence-electron chi connectivity index (χ0n) is 13.2. The predicted molar refractivity (Wildman–Crippen MR) is 99.0 cm³/mol. The summed E-state index contributed by atoms with van der Waals surface area (Å²) in [7, 11) is 0. The molecule has 0 saturated carbocycles. The van der Waals surface area contributed by atoms with Crippen molar-refractivity contribution in [3.63, 3.8) is 0 Å². The fourth-order valence-corrected chi connectivity index (χ4v) is 2.19. The summed E-state index contributed by atoms with van der Waals surface area (Å²) < 4.78 is 0. The van der Waals surface area contributed by atoms with E-state index in [1.807, 2.05) is 13.0 Å². The molecule has 0 fully saturated rings. The van der Waals surface area contributed by atoms with E-state index in [4.69, 9.17) is 23.2 Å². The Morgan fingerprint density at radius 3 is 2.67 bits per heavy atom. The van der Waals surface area contributed by atoms with E-state index in [-0.39, 0.29) is 5.95 Å². The van der Waals surface area contributed by atoms with Crippen molar-refractivity contribution in [2.24, 2.45) is 0 Å². The number of nitrogens with one attached hydrogen (secondary N) is 3. The van der Waals surface area contributed by atoms with Crippen molar-refractivity contribution in [2.75, 3.05) is 22.5 Å². The van der Waals surface area contributed by atoms with Gasteiger partial charge in [-0.3, -0.25) is 5.32 Å². The van der Waals surface area contributed by atoms with Gasteiger partial charge in [-0.15, -0.1) is 0 Å². The fourth-order valence-electron chi connectivity index (χ4n) is 1.89. The van der Waals surface area contributed by atoms with Gasteiger partial charge >= 0.3 is 6.03 Å². The molecule has 0 bridgehead atoms. The van der Waals surface area contributed by atoms with Gasteiger partial charge in [0.1, 0.15) is 5.82 Å². The van der Waals surface area contributed by atoms with Gasteiger partial charge in [-0.1, -0.05) is 36.5 Å². The van der Waals surface area contributed by atoms with Crippen LogP contribution in [-0.2, 0) is 0 Å². The molecular weight excluding hydrogens is 349 g/mol. The van der Waals surface area contributed by atoms with E-state index in [2.05, 4.69) is 32.8 Å². The van der Waals surface area contributed by atoms with E-state index in [9.17, 15) is 4.79 Å². The molecule has 1 aromatic heterocycles. The van der Waals surface area contributed by atoms with Gasteiger partial charge in [-0.2, -0.15) is 4.98 Å². The highest BCUT2D eigenvalue weighted by atomic mass is 35.5. The monoisotopic (exact) mass is 366 g/mol. The predicted octanol–water partition coefficient (Wildman–Crippen LogP) is 4.76. The summed E-state index contributed by atoms with van der Waals surface area (Å²) in [6, 6.07) is 6.16. The second-order valence-electron chi connectivity index (χ2n) is 5.06. The lowest BCUT2D eigenvalue weighted by Gasteiger charge is -2.10. The molecule has 127 valence electrons. The van der Waals surface area contributed by atoms with Crippen LogP contribution < -0.4 is 16.0 Å². The number of carbonyl (C=O) groups is 1. The average molecular weight is 367 g/mol. The Kier molecular flexibility index (Phi) is 6.63. The second kappa shape index (κ2) is 8.70. The average Bonchev–Trinajstić information content (AvgIpc) is 2.50. The number of carbonyl (C=O) groups excluding carboxylic acids is 1. The third kappa shape index (κ3) is 5.54. The highest BCUT2D eigenvalue weighted by molar-refractivity contribution is 6.42. The van der Waals surface area contributed by atoms with Crippen LogP contribution in [0, 0.1) is 13.8 Å². The van der Waals surface area contributed by atoms with Crippen LogP contribution in [0.25, 0.3) is 0 Å². The maximum atomic E-state index is 12.1. The van der Waals surface area contributed by atoms with Crippen molar-refractivity contribution in [2.45, 2.75) is 19.8 Å². The number of urea groups is 1. The number of nitrogens with zero attached hydrogens (tertiary/aromatic N) is 2. The maximum Gasteiger partial charge on any atom is 0.326 e. The number of aryl methyl sites for hydroxylation is 1. The molecule has 0 atom stereocenters. The van der Waals surface area contributed by atoms with Crippen molar-refractivity contribution >= 4 is 46.7 Å². The van der Waals surface area contributed by atoms with Gasteiger partial charge in [0.15, 0.2) is 0 Å². The molecule has 8 heteroatoms. The van der Waals surface area contributed by atoms with Gasteiger partial charge in [0, 0.05) is 24.0 Å². The third-order valence-corrected chi connectivity index (χ3v) is 3.73. The number of aromatic nitrogens is 2. The summed E-state index contributed by atoms with van der Waals surface area (Å²) in [5.41, 5.74) is 1.26. The Hall–Kier alpha value is -2.05. The SMILES string of the molecule is [CH2]CCCNc1cc(C)nc(NC(=O)Nc2ccc(Cl)c(Cl)c2)n1. The van der Waals surface area contributed by atoms with E-state index in [1.54, 1.807) is 18.2 Å². The van der Waals surface area contributed by atoms with Crippen molar-refractivity contribution in [3.8, 4) is 0 Å². The van der Waals surface area contributed by atoms with E-state index in [0.717, 1.165) is 25.1 Å². The molecule has 0 saturated heterocycles. The summed E-state index contributed by atoms with van der Waals surface area (Å²) in [4.78, 5) is 20.5. The van der Waals surface area contributed by atoms with Crippen LogP contribution in [0.4, 0.5) is 22.2 Å². The van der Waals surface area contributed by atoms with Gasteiger partial charge < -0.3 is 10.6 Å². The minimum atomic E-state index is -0.470. The molecule has 1 radical (unpaired) electrons. The molecule has 0 spiro atoms. The van der Waals surface area contributed by atoms with Gasteiger partial charge in [-0.25, -0.2) is 9.78 Å². The van der Waals surface area contributed by atoms with E-state index in [1.165, 1.54) is 0 Å². The zero-order valence-corrected chi connectivity index (χ0v) is 14.7. The number of amides is 2. The van der Waals surface area contributed by atoms with Crippen molar-refractivity contribution in [3.05, 3.63) is 46.9 Å². The molecule has 0 aliphatic heterocycles. The first-order chi connectivity index (χ1) is 11.5. The summed E-state index contributed by atoms with van der Waals surface area (Å²) in [5, 5.41) is 9.19. The number of anilines is 3. The number of rotatable bonds is 6. The van der Waals surface area contributed by atoms with Gasteiger partial charge in [-0.05, 0) is 31.5 Å². The highest BCUT2D eigenvalue weighted by Crippen LogP contribution is 2.25. The first kappa shape index (κ1) is 18.3. The second-order valence-corrected chi connectivity index (χ2v) is 5.87. The first-order valence-electron chi connectivity index (χ1n) is 7.40. The number of unbranched alkanes of at least 4 members (excludes halogenated alkanes) is 1. The fraction of sp³-hybridized carbons (Fsp3) is 0.250. The molecule has 0 aliphatic carbocycles. The van der Waals surface area contributed by atoms with Crippen molar-refractivity contribution < 1.29 is 4.79 Å². The van der Waals surface area contributed by atoms with Crippen LogP contribution in [0.1, 0.15) is 18.5 Å². The first-order valence-corrected chi connectivity index (χ1v) is 8.15. The van der Waals surface area contributed by atoms with Crippen LogP contribution >= 0.6 is 23.2 Å². The summed E-state index contributed by atoms with van der Waals surface area (Å²) in [6.07, 6.45) is 1.78. The molecule has 2 amide bonds. The van der Waals surface area contributed by atoms with Crippen LogP contribution in [-0.4, -0.2) is 22.5 Å². The van der Waals surface area contributed by atoms with Crippen molar-refractivity contribution in [1.82, 2.24) is 9.97 Å². The van der Waals surface area contributed by atoms with Crippen LogP contribution in [0.2, 0.25) is 10.0 Å². The number of hydrogen-bond acceptors (Lipinski definition) is 4. The Morgan fingerprint density at radius 2 is 1.96 bits per heavy atom. The number of halogens is 2. The third-order valence-electron chi connectivity index (χ3n) is 2.99. The molecule has 24 heavy (non-hydrogen) atoms. The molecule has 0 unspecified atom stereocenters. The van der Waals surface area contributed by atoms with E-state index < -0.39 is 6.03 Å². The molecule has 3 N–H and O–H groups in total. The summed E-state index contributed by atoms with van der Waals surface area (Å²) in [6.45, 7) is 6.38. The van der Waals surface area contributed by atoms with Crippen molar-refractivity contribution in [1.29, 1.82) is 0 Å². The standard InChI is InChI=1S/C16H18Cl2N5O/c1-3-4-7-19-14-8-10(2)20-15(22-14)23-16(24)21-11-5-6-12(17)13(18)9-11/h5-6,8-9H,1,3-4,7H2,2H3,(H3,19,20,21,22,23,24).